The van der Waals surface area contributed by atoms with Gasteiger partial charge in [-0.3, -0.25) is 10.6 Å². The fourth-order valence-corrected chi connectivity index (χ4v) is 2.34. The minimum absolute atomic E-state index is 0.0759. The van der Waals surface area contributed by atoms with Gasteiger partial charge in [-0.2, -0.15) is 5.10 Å². The number of hydrogen-bond donors (Lipinski definition) is 3. The van der Waals surface area contributed by atoms with Gasteiger partial charge in [-0.05, 0) is 22.9 Å². The zero-order chi connectivity index (χ0) is 19.0. The van der Waals surface area contributed by atoms with Crippen LogP contribution in [0.4, 0.5) is 0 Å². The lowest BCUT2D eigenvalue weighted by atomic mass is 9.77. The van der Waals surface area contributed by atoms with Gasteiger partial charge >= 0.3 is 7.12 Å². The van der Waals surface area contributed by atoms with E-state index < -0.39 is 7.12 Å². The van der Waals surface area contributed by atoms with Crippen molar-refractivity contribution < 1.29 is 14.8 Å². The number of hydrogen-bond acceptors (Lipinski definition) is 6. The van der Waals surface area contributed by atoms with Crippen molar-refractivity contribution in [2.24, 2.45) is 22.8 Å². The maximum Gasteiger partial charge on any atom is 0.489 e. The largest absolute Gasteiger partial charge is 0.489 e. The molecule has 0 heterocycles. The average molecular weight is 348 g/mol. The highest BCUT2D eigenvalue weighted by Gasteiger charge is 2.18. The number of hydrazine groups is 1. The Morgan fingerprint density at radius 2 is 1.80 bits per heavy atom. The topological polar surface area (TPSA) is 102 Å². The number of nitrogens with two attached hydrogens (primary N) is 1. The summed E-state index contributed by atoms with van der Waals surface area (Å²) < 4.78 is 0. The summed E-state index contributed by atoms with van der Waals surface area (Å²) >= 11 is 0. The quantitative estimate of drug-likeness (QED) is 0.253. The summed E-state index contributed by atoms with van der Waals surface area (Å²) in [5.41, 5.74) is 0.884. The van der Waals surface area contributed by atoms with Crippen LogP contribution in [-0.4, -0.2) is 58.9 Å². The van der Waals surface area contributed by atoms with Gasteiger partial charge in [-0.15, -0.1) is 0 Å². The predicted molar refractivity (Wildman–Crippen MR) is 101 cm³/mol. The first-order chi connectivity index (χ1) is 11.7. The molecule has 0 spiro atoms. The number of rotatable bonds is 9. The maximum atomic E-state index is 12.5. The van der Waals surface area contributed by atoms with Crippen molar-refractivity contribution in [3.05, 3.63) is 29.8 Å². The van der Waals surface area contributed by atoms with Crippen LogP contribution < -0.4 is 11.3 Å². The Labute approximate surface area is 150 Å². The van der Waals surface area contributed by atoms with E-state index in [9.17, 15) is 14.8 Å². The minimum Gasteiger partial charge on any atom is -0.423 e. The van der Waals surface area contributed by atoms with Crippen LogP contribution in [0.2, 0.25) is 0 Å². The Morgan fingerprint density at radius 3 is 2.36 bits per heavy atom. The summed E-state index contributed by atoms with van der Waals surface area (Å²) in [5.74, 6) is 6.28. The summed E-state index contributed by atoms with van der Waals surface area (Å²) in [7, 11) is -1.59. The van der Waals surface area contributed by atoms with Gasteiger partial charge in [0.05, 0.1) is 12.8 Å². The normalized spacial score (nSPS) is 11.8. The molecule has 25 heavy (non-hydrogen) atoms. The Kier molecular flexibility index (Phi) is 8.78. The molecule has 1 rings (SSSR count). The molecule has 0 aliphatic rings. The van der Waals surface area contributed by atoms with Gasteiger partial charge in [0.15, 0.2) is 0 Å². The van der Waals surface area contributed by atoms with E-state index in [2.05, 4.69) is 5.10 Å². The molecule has 1 amide bonds. The van der Waals surface area contributed by atoms with Crippen LogP contribution in [0, 0.1) is 11.8 Å². The molecule has 0 aliphatic carbocycles. The Hall–Kier alpha value is -1.74. The molecule has 0 atom stereocenters. The summed E-state index contributed by atoms with van der Waals surface area (Å²) in [6, 6.07) is 6.79. The predicted octanol–water partition coefficient (Wildman–Crippen LogP) is 0.0166. The number of nitrogens with zero attached hydrogens (tertiary/aromatic N) is 3. The Bertz CT molecular complexity index is 579. The lowest BCUT2D eigenvalue weighted by Crippen LogP contribution is -2.44. The van der Waals surface area contributed by atoms with Crippen LogP contribution >= 0.6 is 0 Å². The van der Waals surface area contributed by atoms with E-state index in [1.807, 2.05) is 27.7 Å². The fourth-order valence-electron chi connectivity index (χ4n) is 2.34. The highest BCUT2D eigenvalue weighted by molar-refractivity contribution is 6.60. The van der Waals surface area contributed by atoms with E-state index in [1.165, 1.54) is 16.2 Å². The SMILES string of the molecule is CC(C)CN(N)CC(=O)N(CC(C)C)/N=C/c1ccccc1B(O)O. The van der Waals surface area contributed by atoms with Gasteiger partial charge in [-0.1, -0.05) is 52.0 Å². The van der Waals surface area contributed by atoms with Gasteiger partial charge < -0.3 is 10.0 Å². The van der Waals surface area contributed by atoms with Gasteiger partial charge in [0.1, 0.15) is 0 Å². The van der Waals surface area contributed by atoms with Crippen LogP contribution in [0.15, 0.2) is 29.4 Å². The molecule has 0 saturated carbocycles. The summed E-state index contributed by atoms with van der Waals surface area (Å²) in [4.78, 5) is 12.5. The molecule has 0 aromatic heterocycles. The van der Waals surface area contributed by atoms with Crippen LogP contribution in [0.3, 0.4) is 0 Å². The first kappa shape index (κ1) is 21.3. The van der Waals surface area contributed by atoms with E-state index in [0.717, 1.165) is 0 Å². The van der Waals surface area contributed by atoms with Crippen molar-refractivity contribution >= 4 is 24.7 Å². The van der Waals surface area contributed by atoms with Crippen LogP contribution in [0.1, 0.15) is 33.3 Å². The maximum absolute atomic E-state index is 12.5. The van der Waals surface area contributed by atoms with Gasteiger partial charge in [0.25, 0.3) is 5.91 Å². The molecular weight excluding hydrogens is 319 g/mol. The third-order valence-electron chi connectivity index (χ3n) is 3.37. The van der Waals surface area contributed by atoms with Crippen molar-refractivity contribution in [1.82, 2.24) is 10.0 Å². The van der Waals surface area contributed by atoms with E-state index in [-0.39, 0.29) is 18.4 Å². The standard InChI is InChI=1S/C17H29BN4O3/c1-13(2)10-21(19)12-17(23)22(11-14(3)4)20-9-15-7-5-6-8-16(15)18(24)25/h5-9,13-14,24-25H,10-12,19H2,1-4H3/b20-9+. The molecule has 1 aromatic rings. The molecule has 0 bridgehead atoms. The summed E-state index contributed by atoms with van der Waals surface area (Å²) in [6.07, 6.45) is 1.47. The number of benzene rings is 1. The molecule has 0 aliphatic heterocycles. The summed E-state index contributed by atoms with van der Waals surface area (Å²) in [6.45, 7) is 9.20. The van der Waals surface area contributed by atoms with E-state index in [1.54, 1.807) is 24.3 Å². The van der Waals surface area contributed by atoms with E-state index >= 15 is 0 Å². The van der Waals surface area contributed by atoms with Crippen molar-refractivity contribution in [3.8, 4) is 0 Å². The lowest BCUT2D eigenvalue weighted by molar-refractivity contribution is -0.133. The monoisotopic (exact) mass is 348 g/mol. The molecule has 4 N–H and O–H groups in total. The molecule has 0 saturated heterocycles. The van der Waals surface area contributed by atoms with Crippen LogP contribution in [0.25, 0.3) is 0 Å². The second-order valence-corrected chi connectivity index (χ2v) is 6.94. The third kappa shape index (κ3) is 7.79. The smallest absolute Gasteiger partial charge is 0.423 e. The van der Waals surface area contributed by atoms with Crippen molar-refractivity contribution in [3.63, 3.8) is 0 Å². The van der Waals surface area contributed by atoms with Gasteiger partial charge in [-0.25, -0.2) is 10.0 Å². The highest BCUT2D eigenvalue weighted by Crippen LogP contribution is 2.03. The zero-order valence-corrected chi connectivity index (χ0v) is 15.5. The Morgan fingerprint density at radius 1 is 1.20 bits per heavy atom. The van der Waals surface area contributed by atoms with Crippen LogP contribution in [-0.2, 0) is 4.79 Å². The van der Waals surface area contributed by atoms with Gasteiger partial charge in [0, 0.05) is 13.1 Å². The average Bonchev–Trinajstić information content (AvgIpc) is 2.50. The fraction of sp³-hybridized carbons (Fsp3) is 0.529. The molecule has 1 aromatic carbocycles. The second-order valence-electron chi connectivity index (χ2n) is 6.94. The Balaban J connectivity index is 2.90. The van der Waals surface area contributed by atoms with E-state index in [4.69, 9.17) is 5.84 Å². The zero-order valence-electron chi connectivity index (χ0n) is 15.5. The molecule has 0 radical (unpaired) electrons. The van der Waals surface area contributed by atoms with Crippen molar-refractivity contribution in [1.29, 1.82) is 0 Å². The van der Waals surface area contributed by atoms with Gasteiger partial charge in [0.2, 0.25) is 0 Å². The first-order valence-electron chi connectivity index (χ1n) is 8.49. The number of hydrazone groups is 1. The second kappa shape index (κ2) is 10.3. The lowest BCUT2D eigenvalue weighted by Gasteiger charge is -2.23. The molecule has 8 heteroatoms. The van der Waals surface area contributed by atoms with Crippen molar-refractivity contribution in [2.75, 3.05) is 19.6 Å². The molecule has 138 valence electrons. The van der Waals surface area contributed by atoms with E-state index in [0.29, 0.717) is 30.0 Å². The summed E-state index contributed by atoms with van der Waals surface area (Å²) in [5, 5.41) is 26.0. The molecule has 0 unspecified atom stereocenters. The molecule has 7 nitrogen and oxygen atoms in total. The first-order valence-corrected chi connectivity index (χ1v) is 8.49. The van der Waals surface area contributed by atoms with Crippen LogP contribution in [0.5, 0.6) is 0 Å². The van der Waals surface area contributed by atoms with Crippen molar-refractivity contribution in [2.45, 2.75) is 27.7 Å². The molecule has 0 fully saturated rings. The minimum atomic E-state index is -1.59. The third-order valence-corrected chi connectivity index (χ3v) is 3.37. The number of amides is 1. The highest BCUT2D eigenvalue weighted by atomic mass is 16.4. The number of carbonyl (C=O) groups is 1. The number of carbonyl (C=O) groups excluding carboxylic acids is 1. The molecular formula is C17H29BN4O3.